The molecule has 2 rings (SSSR count). The molecule has 1 fully saturated rings. The van der Waals surface area contributed by atoms with Gasteiger partial charge in [0.05, 0.1) is 5.41 Å². The van der Waals surface area contributed by atoms with Gasteiger partial charge in [0.2, 0.25) is 5.91 Å². The Labute approximate surface area is 122 Å². The lowest BCUT2D eigenvalue weighted by Gasteiger charge is -2.34. The Morgan fingerprint density at radius 3 is 2.75 bits per heavy atom. The Kier molecular flexibility index (Phi) is 4.96. The largest absolute Gasteiger partial charge is 0.381 e. The third kappa shape index (κ3) is 3.29. The molecule has 0 bridgehead atoms. The zero-order chi connectivity index (χ0) is 14.6. The standard InChI is InChI=1S/C14H18ClFN2O2/c15-11-2-1-3-12(16)10(11)8-18-9-14(13(17)19)4-6-20-7-5-14/h1-3,18H,4-9H2,(H2,17,19). The molecule has 4 nitrogen and oxygen atoms in total. The number of carbonyl (C=O) groups excluding carboxylic acids is 1. The number of rotatable bonds is 5. The molecule has 0 spiro atoms. The molecule has 0 radical (unpaired) electrons. The van der Waals surface area contributed by atoms with Gasteiger partial charge >= 0.3 is 0 Å². The van der Waals surface area contributed by atoms with E-state index in [-0.39, 0.29) is 18.3 Å². The number of carbonyl (C=O) groups is 1. The van der Waals surface area contributed by atoms with Crippen molar-refractivity contribution in [3.8, 4) is 0 Å². The highest BCUT2D eigenvalue weighted by atomic mass is 35.5. The van der Waals surface area contributed by atoms with E-state index in [1.807, 2.05) is 0 Å². The summed E-state index contributed by atoms with van der Waals surface area (Å²) in [4.78, 5) is 11.7. The Morgan fingerprint density at radius 1 is 1.45 bits per heavy atom. The molecule has 20 heavy (non-hydrogen) atoms. The minimum Gasteiger partial charge on any atom is -0.381 e. The van der Waals surface area contributed by atoms with Gasteiger partial charge in [0.1, 0.15) is 5.82 Å². The smallest absolute Gasteiger partial charge is 0.225 e. The highest BCUT2D eigenvalue weighted by Gasteiger charge is 2.38. The van der Waals surface area contributed by atoms with Gasteiger partial charge in [0.15, 0.2) is 0 Å². The average molecular weight is 301 g/mol. The van der Waals surface area contributed by atoms with Gasteiger partial charge in [-0.3, -0.25) is 4.79 Å². The van der Waals surface area contributed by atoms with Crippen LogP contribution in [0.2, 0.25) is 5.02 Å². The van der Waals surface area contributed by atoms with Gasteiger partial charge in [-0.05, 0) is 25.0 Å². The Hall–Kier alpha value is -1.17. The lowest BCUT2D eigenvalue weighted by Crippen LogP contribution is -2.48. The highest BCUT2D eigenvalue weighted by Crippen LogP contribution is 2.29. The number of nitrogens with one attached hydrogen (secondary N) is 1. The van der Waals surface area contributed by atoms with Crippen molar-refractivity contribution >= 4 is 17.5 Å². The Morgan fingerprint density at radius 2 is 2.15 bits per heavy atom. The van der Waals surface area contributed by atoms with E-state index in [4.69, 9.17) is 22.1 Å². The van der Waals surface area contributed by atoms with Crippen LogP contribution in [0.25, 0.3) is 0 Å². The number of ether oxygens (including phenoxy) is 1. The molecule has 0 aromatic heterocycles. The van der Waals surface area contributed by atoms with Gasteiger partial charge in [-0.2, -0.15) is 0 Å². The molecule has 0 saturated carbocycles. The monoisotopic (exact) mass is 300 g/mol. The average Bonchev–Trinajstić information content (AvgIpc) is 2.43. The summed E-state index contributed by atoms with van der Waals surface area (Å²) in [6.07, 6.45) is 1.17. The summed E-state index contributed by atoms with van der Waals surface area (Å²) in [7, 11) is 0. The molecule has 1 aromatic carbocycles. The van der Waals surface area contributed by atoms with E-state index in [2.05, 4.69) is 5.32 Å². The number of nitrogens with two attached hydrogens (primary N) is 1. The number of benzene rings is 1. The molecule has 3 N–H and O–H groups in total. The number of hydrogen-bond donors (Lipinski definition) is 2. The van der Waals surface area contributed by atoms with Crippen molar-refractivity contribution in [2.24, 2.45) is 11.1 Å². The van der Waals surface area contributed by atoms with E-state index in [0.29, 0.717) is 43.2 Å². The first-order valence-electron chi connectivity index (χ1n) is 6.56. The van der Waals surface area contributed by atoms with Crippen LogP contribution in [0, 0.1) is 11.2 Å². The van der Waals surface area contributed by atoms with Gasteiger partial charge in [0.25, 0.3) is 0 Å². The Bertz CT molecular complexity index is 470. The van der Waals surface area contributed by atoms with Gasteiger partial charge in [-0.1, -0.05) is 17.7 Å². The minimum atomic E-state index is -0.615. The molecule has 0 unspecified atom stereocenters. The van der Waals surface area contributed by atoms with E-state index in [1.165, 1.54) is 6.07 Å². The predicted octanol–water partition coefficient (Wildman–Crippen LogP) is 1.85. The summed E-state index contributed by atoms with van der Waals surface area (Å²) in [6.45, 7) is 1.70. The summed E-state index contributed by atoms with van der Waals surface area (Å²) in [5.74, 6) is -0.696. The molecular weight excluding hydrogens is 283 g/mol. The van der Waals surface area contributed by atoms with Crippen LogP contribution in [0.15, 0.2) is 18.2 Å². The third-order valence-corrected chi connectivity index (χ3v) is 4.15. The van der Waals surface area contributed by atoms with Gasteiger partial charge in [0, 0.05) is 36.9 Å². The van der Waals surface area contributed by atoms with Crippen molar-refractivity contribution in [1.82, 2.24) is 5.32 Å². The summed E-state index contributed by atoms with van der Waals surface area (Å²) in [5.41, 5.74) is 5.30. The van der Waals surface area contributed by atoms with Crippen molar-refractivity contribution < 1.29 is 13.9 Å². The van der Waals surface area contributed by atoms with Crippen LogP contribution in [0.4, 0.5) is 4.39 Å². The van der Waals surface area contributed by atoms with Gasteiger partial charge < -0.3 is 15.8 Å². The zero-order valence-corrected chi connectivity index (χ0v) is 11.9. The van der Waals surface area contributed by atoms with E-state index in [0.717, 1.165) is 0 Å². The summed E-state index contributed by atoms with van der Waals surface area (Å²) >= 11 is 5.96. The second kappa shape index (κ2) is 6.52. The SMILES string of the molecule is NC(=O)C1(CNCc2c(F)cccc2Cl)CCOCC1. The molecule has 1 heterocycles. The molecule has 1 aliphatic heterocycles. The van der Waals surface area contributed by atoms with Crippen molar-refractivity contribution in [1.29, 1.82) is 0 Å². The fourth-order valence-corrected chi connectivity index (χ4v) is 2.63. The molecule has 110 valence electrons. The lowest BCUT2D eigenvalue weighted by molar-refractivity contribution is -0.132. The van der Waals surface area contributed by atoms with E-state index >= 15 is 0 Å². The third-order valence-electron chi connectivity index (χ3n) is 3.80. The summed E-state index contributed by atoms with van der Waals surface area (Å²) in [6, 6.07) is 4.56. The topological polar surface area (TPSA) is 64.4 Å². The normalized spacial score (nSPS) is 17.9. The zero-order valence-electron chi connectivity index (χ0n) is 11.1. The maximum Gasteiger partial charge on any atom is 0.225 e. The predicted molar refractivity (Wildman–Crippen MR) is 74.8 cm³/mol. The van der Waals surface area contributed by atoms with Crippen LogP contribution in [0.5, 0.6) is 0 Å². The molecule has 1 amide bonds. The van der Waals surface area contributed by atoms with Crippen LogP contribution >= 0.6 is 11.6 Å². The number of amides is 1. The maximum absolute atomic E-state index is 13.6. The van der Waals surface area contributed by atoms with Crippen molar-refractivity contribution in [3.05, 3.63) is 34.6 Å². The molecular formula is C14H18ClFN2O2. The molecule has 0 atom stereocenters. The maximum atomic E-state index is 13.6. The van der Waals surface area contributed by atoms with Crippen LogP contribution in [0.3, 0.4) is 0 Å². The summed E-state index contributed by atoms with van der Waals surface area (Å²) < 4.78 is 18.9. The van der Waals surface area contributed by atoms with E-state index in [1.54, 1.807) is 12.1 Å². The first kappa shape index (κ1) is 15.2. The number of halogens is 2. The fraction of sp³-hybridized carbons (Fsp3) is 0.500. The summed E-state index contributed by atoms with van der Waals surface area (Å²) in [5, 5.41) is 3.47. The molecule has 0 aliphatic carbocycles. The van der Waals surface area contributed by atoms with Crippen molar-refractivity contribution in [3.63, 3.8) is 0 Å². The van der Waals surface area contributed by atoms with Crippen LogP contribution < -0.4 is 11.1 Å². The second-order valence-corrected chi connectivity index (χ2v) is 5.47. The lowest BCUT2D eigenvalue weighted by atomic mass is 9.79. The van der Waals surface area contributed by atoms with Crippen molar-refractivity contribution in [2.45, 2.75) is 19.4 Å². The molecule has 1 aromatic rings. The van der Waals surface area contributed by atoms with Gasteiger partial charge in [-0.15, -0.1) is 0 Å². The fourth-order valence-electron chi connectivity index (χ4n) is 2.40. The first-order chi connectivity index (χ1) is 9.55. The highest BCUT2D eigenvalue weighted by molar-refractivity contribution is 6.31. The second-order valence-electron chi connectivity index (χ2n) is 5.06. The van der Waals surface area contributed by atoms with E-state index in [9.17, 15) is 9.18 Å². The first-order valence-corrected chi connectivity index (χ1v) is 6.94. The van der Waals surface area contributed by atoms with Crippen molar-refractivity contribution in [2.75, 3.05) is 19.8 Å². The number of primary amides is 1. The molecule has 1 saturated heterocycles. The van der Waals surface area contributed by atoms with Crippen LogP contribution in [-0.4, -0.2) is 25.7 Å². The van der Waals surface area contributed by atoms with Crippen LogP contribution in [0.1, 0.15) is 18.4 Å². The van der Waals surface area contributed by atoms with E-state index < -0.39 is 5.41 Å². The van der Waals surface area contributed by atoms with Crippen LogP contribution in [-0.2, 0) is 16.1 Å². The molecule has 1 aliphatic rings. The minimum absolute atomic E-state index is 0.265. The Balaban J connectivity index is 1.99. The van der Waals surface area contributed by atoms with Gasteiger partial charge in [-0.25, -0.2) is 4.39 Å². The molecule has 6 heteroatoms. The number of hydrogen-bond acceptors (Lipinski definition) is 3. The quantitative estimate of drug-likeness (QED) is 0.872.